The van der Waals surface area contributed by atoms with Crippen LogP contribution < -0.4 is 34.6 Å². The summed E-state index contributed by atoms with van der Waals surface area (Å²) in [6.07, 6.45) is -0.670. The Hall–Kier alpha value is -5.92. The summed E-state index contributed by atoms with van der Waals surface area (Å²) in [4.78, 5) is 52.5. The van der Waals surface area contributed by atoms with Crippen molar-refractivity contribution in [3.63, 3.8) is 0 Å². The Kier molecular flexibility index (Phi) is 10.9. The molecule has 0 saturated heterocycles. The first kappa shape index (κ1) is 35.9. The Morgan fingerprint density at radius 3 is 1.84 bits per heavy atom. The van der Waals surface area contributed by atoms with Gasteiger partial charge in [-0.3, -0.25) is 14.7 Å². The molecule has 0 radical (unpaired) electrons. The van der Waals surface area contributed by atoms with E-state index in [0.29, 0.717) is 17.0 Å². The fraction of sp³-hybridized carbons (Fsp3) is 0.314. The van der Waals surface area contributed by atoms with E-state index in [0.717, 1.165) is 0 Å². The molecule has 4 rings (SSSR count). The van der Waals surface area contributed by atoms with Crippen molar-refractivity contribution in [1.29, 1.82) is 0 Å². The van der Waals surface area contributed by atoms with Crippen LogP contribution in [0.1, 0.15) is 31.3 Å². The van der Waals surface area contributed by atoms with Crippen molar-refractivity contribution in [2.75, 3.05) is 54.6 Å². The van der Waals surface area contributed by atoms with Crippen LogP contribution in [0.4, 0.5) is 10.5 Å². The van der Waals surface area contributed by atoms with Gasteiger partial charge in [-0.25, -0.2) is 14.4 Å². The summed E-state index contributed by atoms with van der Waals surface area (Å²) in [7, 11) is 8.15. The van der Waals surface area contributed by atoms with Gasteiger partial charge < -0.3 is 37.9 Å². The number of nitrogens with zero attached hydrogens (tertiary/aromatic N) is 1. The molecular weight excluding hydrogens is 640 g/mol. The van der Waals surface area contributed by atoms with Crippen molar-refractivity contribution in [2.24, 2.45) is 0 Å². The Morgan fingerprint density at radius 2 is 1.33 bits per heavy atom. The SMILES string of the molecule is COC(=O)COc1cc2c(=O)n(-c3ccc(NC(=O)OC(C)(C)C)cc3)c(C(=O)OC)c(-c3cc(OC)c(OC)c(OC)c3)c2cc1OC. The van der Waals surface area contributed by atoms with E-state index < -0.39 is 35.8 Å². The summed E-state index contributed by atoms with van der Waals surface area (Å²) in [5.41, 5.74) is -0.236. The number of ether oxygens (including phenoxy) is 8. The topological polar surface area (TPSA) is 159 Å². The number of pyridine rings is 1. The Bertz CT molecular complexity index is 1920. The van der Waals surface area contributed by atoms with E-state index in [2.05, 4.69) is 5.32 Å². The first-order valence-electron chi connectivity index (χ1n) is 14.8. The molecule has 14 heteroatoms. The van der Waals surface area contributed by atoms with Crippen LogP contribution in [0.5, 0.6) is 28.7 Å². The van der Waals surface area contributed by atoms with Gasteiger partial charge in [0.25, 0.3) is 5.56 Å². The maximum absolute atomic E-state index is 14.5. The fourth-order valence-electron chi connectivity index (χ4n) is 5.04. The lowest BCUT2D eigenvalue weighted by Crippen LogP contribution is -2.28. The van der Waals surface area contributed by atoms with Crippen LogP contribution in [0.15, 0.2) is 53.3 Å². The predicted molar refractivity (Wildman–Crippen MR) is 180 cm³/mol. The number of rotatable bonds is 11. The van der Waals surface area contributed by atoms with Gasteiger partial charge in [0, 0.05) is 22.3 Å². The van der Waals surface area contributed by atoms with Gasteiger partial charge in [-0.05, 0) is 74.9 Å². The maximum Gasteiger partial charge on any atom is 0.412 e. The normalized spacial score (nSPS) is 11.0. The van der Waals surface area contributed by atoms with Gasteiger partial charge in [-0.1, -0.05) is 0 Å². The number of esters is 2. The molecule has 0 spiro atoms. The third-order valence-electron chi connectivity index (χ3n) is 7.14. The molecule has 1 aromatic heterocycles. The smallest absolute Gasteiger partial charge is 0.412 e. The molecule has 0 saturated carbocycles. The minimum Gasteiger partial charge on any atom is -0.493 e. The molecule has 0 aliphatic heterocycles. The third-order valence-corrected chi connectivity index (χ3v) is 7.14. The van der Waals surface area contributed by atoms with Crippen LogP contribution in [-0.4, -0.2) is 77.5 Å². The Balaban J connectivity index is 2.11. The number of anilines is 1. The van der Waals surface area contributed by atoms with E-state index in [4.69, 9.17) is 37.9 Å². The van der Waals surface area contributed by atoms with Gasteiger partial charge in [0.2, 0.25) is 5.75 Å². The molecule has 0 atom stereocenters. The molecule has 0 aliphatic rings. The van der Waals surface area contributed by atoms with E-state index in [1.807, 2.05) is 0 Å². The van der Waals surface area contributed by atoms with E-state index in [-0.39, 0.29) is 50.7 Å². The zero-order valence-electron chi connectivity index (χ0n) is 28.7. The number of nitrogens with one attached hydrogen (secondary N) is 1. The molecule has 0 fully saturated rings. The minimum absolute atomic E-state index is 0.0719. The zero-order valence-corrected chi connectivity index (χ0v) is 28.7. The second-order valence-electron chi connectivity index (χ2n) is 11.4. The second-order valence-corrected chi connectivity index (χ2v) is 11.4. The van der Waals surface area contributed by atoms with Crippen molar-refractivity contribution >= 4 is 34.5 Å². The number of methoxy groups -OCH3 is 6. The average Bonchev–Trinajstić information content (AvgIpc) is 3.08. The van der Waals surface area contributed by atoms with Crippen molar-refractivity contribution in [3.8, 4) is 45.6 Å². The Morgan fingerprint density at radius 1 is 0.735 bits per heavy atom. The number of fused-ring (bicyclic) bond motifs is 1. The maximum atomic E-state index is 14.5. The summed E-state index contributed by atoms with van der Waals surface area (Å²) in [6, 6.07) is 12.4. The van der Waals surface area contributed by atoms with E-state index in [1.165, 1.54) is 59.4 Å². The van der Waals surface area contributed by atoms with Crippen LogP contribution in [0, 0.1) is 0 Å². The molecule has 14 nitrogen and oxygen atoms in total. The summed E-state index contributed by atoms with van der Waals surface area (Å²) in [6.45, 7) is 4.76. The van der Waals surface area contributed by atoms with Crippen LogP contribution in [0.25, 0.3) is 27.6 Å². The molecule has 0 unspecified atom stereocenters. The van der Waals surface area contributed by atoms with Crippen LogP contribution in [0.3, 0.4) is 0 Å². The van der Waals surface area contributed by atoms with Gasteiger partial charge >= 0.3 is 18.0 Å². The fourth-order valence-corrected chi connectivity index (χ4v) is 5.04. The molecule has 49 heavy (non-hydrogen) atoms. The average molecular weight is 679 g/mol. The van der Waals surface area contributed by atoms with Crippen LogP contribution in [-0.2, 0) is 19.0 Å². The highest BCUT2D eigenvalue weighted by Gasteiger charge is 2.28. The molecule has 1 amide bonds. The largest absolute Gasteiger partial charge is 0.493 e. The van der Waals surface area contributed by atoms with Crippen molar-refractivity contribution in [1.82, 2.24) is 4.57 Å². The number of hydrogen-bond donors (Lipinski definition) is 1. The first-order chi connectivity index (χ1) is 23.3. The monoisotopic (exact) mass is 678 g/mol. The molecule has 1 heterocycles. The highest BCUT2D eigenvalue weighted by atomic mass is 16.6. The van der Waals surface area contributed by atoms with Gasteiger partial charge in [-0.15, -0.1) is 0 Å². The number of amides is 1. The number of carbonyl (C=O) groups is 3. The number of carbonyl (C=O) groups excluding carboxylic acids is 3. The van der Waals surface area contributed by atoms with Crippen LogP contribution >= 0.6 is 0 Å². The molecule has 4 aromatic rings. The van der Waals surface area contributed by atoms with Crippen LogP contribution in [0.2, 0.25) is 0 Å². The van der Waals surface area contributed by atoms with Gasteiger partial charge in [0.1, 0.15) is 11.3 Å². The first-order valence-corrected chi connectivity index (χ1v) is 14.8. The number of aromatic nitrogens is 1. The van der Waals surface area contributed by atoms with E-state index in [9.17, 15) is 19.2 Å². The molecule has 3 aromatic carbocycles. The Labute approximate surface area is 282 Å². The second kappa shape index (κ2) is 14.9. The standard InChI is InChI=1S/C35H38N2O12/c1-35(2,3)49-34(41)36-20-10-12-21(13-11-20)37-30(33(40)47-9)29(19-14-26(43-5)31(46-8)27(15-19)44-6)22-16-24(42-4)25(17-23(22)32(37)39)48-18-28(38)45-7/h10-17H,18H2,1-9H3,(H,36,41). The summed E-state index contributed by atoms with van der Waals surface area (Å²) >= 11 is 0. The lowest BCUT2D eigenvalue weighted by atomic mass is 9.95. The molecule has 0 aliphatic carbocycles. The zero-order chi connectivity index (χ0) is 36.0. The summed E-state index contributed by atoms with van der Waals surface area (Å²) in [5, 5.41) is 3.01. The molecule has 260 valence electrons. The van der Waals surface area contributed by atoms with Crippen molar-refractivity contribution in [3.05, 3.63) is 64.6 Å². The predicted octanol–water partition coefficient (Wildman–Crippen LogP) is 5.38. The molecular formula is C35H38N2O12. The number of benzene rings is 3. The highest BCUT2D eigenvalue weighted by molar-refractivity contribution is 6.08. The van der Waals surface area contributed by atoms with Gasteiger partial charge in [0.15, 0.2) is 29.6 Å². The summed E-state index contributed by atoms with van der Waals surface area (Å²) < 4.78 is 44.4. The third kappa shape index (κ3) is 7.64. The lowest BCUT2D eigenvalue weighted by Gasteiger charge is -2.22. The van der Waals surface area contributed by atoms with E-state index >= 15 is 0 Å². The van der Waals surface area contributed by atoms with Gasteiger partial charge in [0.05, 0.1) is 48.0 Å². The quantitative estimate of drug-likeness (QED) is 0.160. The number of hydrogen-bond acceptors (Lipinski definition) is 12. The lowest BCUT2D eigenvalue weighted by molar-refractivity contribution is -0.142. The van der Waals surface area contributed by atoms with Crippen molar-refractivity contribution in [2.45, 2.75) is 26.4 Å². The summed E-state index contributed by atoms with van der Waals surface area (Å²) in [5.74, 6) is -0.404. The highest BCUT2D eigenvalue weighted by Crippen LogP contribution is 2.45. The minimum atomic E-state index is -0.844. The molecule has 0 bridgehead atoms. The van der Waals surface area contributed by atoms with Gasteiger partial charge in [-0.2, -0.15) is 0 Å². The van der Waals surface area contributed by atoms with Crippen molar-refractivity contribution < 1.29 is 52.3 Å². The van der Waals surface area contributed by atoms with E-state index in [1.54, 1.807) is 57.2 Å². The molecule has 1 N–H and O–H groups in total.